The van der Waals surface area contributed by atoms with E-state index < -0.39 is 0 Å². The van der Waals surface area contributed by atoms with Crippen molar-refractivity contribution in [3.63, 3.8) is 0 Å². The lowest BCUT2D eigenvalue weighted by Crippen LogP contribution is -2.29. The predicted molar refractivity (Wildman–Crippen MR) is 78.3 cm³/mol. The van der Waals surface area contributed by atoms with Crippen molar-refractivity contribution in [1.29, 1.82) is 0 Å². The Morgan fingerprint density at radius 2 is 1.79 bits per heavy atom. The Kier molecular flexibility index (Phi) is 6.03. The van der Waals surface area contributed by atoms with Crippen LogP contribution in [0.3, 0.4) is 0 Å². The molecule has 0 saturated heterocycles. The first-order chi connectivity index (χ1) is 8.95. The Balaban J connectivity index is 2.59. The molecule has 0 aliphatic heterocycles. The number of carbonyl (C=O) groups excluding carboxylic acids is 1. The molecule has 0 spiro atoms. The van der Waals surface area contributed by atoms with Gasteiger partial charge in [-0.15, -0.1) is 0 Å². The number of aliphatic hydroxyl groups excluding tert-OH is 1. The summed E-state index contributed by atoms with van der Waals surface area (Å²) < 4.78 is 0. The van der Waals surface area contributed by atoms with Crippen LogP contribution in [-0.2, 0) is 11.2 Å². The summed E-state index contributed by atoms with van der Waals surface area (Å²) in [4.78, 5) is 13.5. The lowest BCUT2D eigenvalue weighted by Gasteiger charge is -2.19. The number of nitrogens with zero attached hydrogens (tertiary/aromatic N) is 1. The van der Waals surface area contributed by atoms with Gasteiger partial charge < -0.3 is 10.0 Å². The van der Waals surface area contributed by atoms with E-state index in [1.807, 2.05) is 7.05 Å². The van der Waals surface area contributed by atoms with Gasteiger partial charge in [0.15, 0.2) is 0 Å². The molecule has 1 aromatic carbocycles. The zero-order valence-corrected chi connectivity index (χ0v) is 12.5. The van der Waals surface area contributed by atoms with Crippen LogP contribution in [0.15, 0.2) is 12.1 Å². The molecular formula is C16H25NO2. The molecule has 3 heteroatoms. The summed E-state index contributed by atoms with van der Waals surface area (Å²) in [6.07, 6.45) is 1.87. The smallest absolute Gasteiger partial charge is 0.222 e. The van der Waals surface area contributed by atoms with Gasteiger partial charge in [-0.25, -0.2) is 0 Å². The van der Waals surface area contributed by atoms with Crippen LogP contribution >= 0.6 is 0 Å². The van der Waals surface area contributed by atoms with Crippen molar-refractivity contribution in [2.75, 3.05) is 20.2 Å². The molecule has 0 radical (unpaired) electrons. The maximum absolute atomic E-state index is 11.8. The molecule has 3 nitrogen and oxygen atoms in total. The van der Waals surface area contributed by atoms with Gasteiger partial charge in [0.2, 0.25) is 5.91 Å². The zero-order valence-electron chi connectivity index (χ0n) is 12.5. The summed E-state index contributed by atoms with van der Waals surface area (Å²) in [6, 6.07) is 4.38. The van der Waals surface area contributed by atoms with Crippen LogP contribution in [0, 0.1) is 20.8 Å². The number of hydrogen-bond acceptors (Lipinski definition) is 2. The van der Waals surface area contributed by atoms with Gasteiger partial charge in [-0.2, -0.15) is 0 Å². The second kappa shape index (κ2) is 7.29. The fraction of sp³-hybridized carbons (Fsp3) is 0.562. The van der Waals surface area contributed by atoms with Gasteiger partial charge in [0, 0.05) is 26.6 Å². The normalized spacial score (nSPS) is 10.6. The first-order valence-electron chi connectivity index (χ1n) is 6.87. The highest BCUT2D eigenvalue weighted by atomic mass is 16.3. The van der Waals surface area contributed by atoms with Gasteiger partial charge in [0.1, 0.15) is 0 Å². The Bertz CT molecular complexity index is 417. The third kappa shape index (κ3) is 4.67. The Morgan fingerprint density at radius 3 is 2.32 bits per heavy atom. The summed E-state index contributed by atoms with van der Waals surface area (Å²) in [6.45, 7) is 7.17. The number of benzene rings is 1. The second-order valence-corrected chi connectivity index (χ2v) is 5.27. The van der Waals surface area contributed by atoms with E-state index in [1.165, 1.54) is 22.3 Å². The quantitative estimate of drug-likeness (QED) is 0.856. The highest BCUT2D eigenvalue weighted by molar-refractivity contribution is 5.75. The fourth-order valence-electron chi connectivity index (χ4n) is 2.43. The monoisotopic (exact) mass is 263 g/mol. The maximum atomic E-state index is 11.8. The van der Waals surface area contributed by atoms with Crippen molar-refractivity contribution < 1.29 is 9.90 Å². The Labute approximate surface area is 116 Å². The molecule has 0 aromatic heterocycles. The molecule has 0 saturated carbocycles. The Morgan fingerprint density at radius 1 is 1.21 bits per heavy atom. The third-order valence-electron chi connectivity index (χ3n) is 3.51. The van der Waals surface area contributed by atoms with E-state index in [1.54, 1.807) is 4.90 Å². The van der Waals surface area contributed by atoms with Gasteiger partial charge in [-0.3, -0.25) is 4.79 Å². The van der Waals surface area contributed by atoms with Crippen LogP contribution in [0.2, 0.25) is 0 Å². The van der Waals surface area contributed by atoms with Crippen LogP contribution in [0.1, 0.15) is 35.1 Å². The lowest BCUT2D eigenvalue weighted by molar-refractivity contribution is -0.130. The number of carbonyl (C=O) groups is 1. The minimum absolute atomic E-state index is 0.0791. The van der Waals surface area contributed by atoms with Gasteiger partial charge in [-0.1, -0.05) is 17.7 Å². The highest BCUT2D eigenvalue weighted by Crippen LogP contribution is 2.17. The summed E-state index contributed by atoms with van der Waals surface area (Å²) in [7, 11) is 1.83. The van der Waals surface area contributed by atoms with Crippen LogP contribution in [0.25, 0.3) is 0 Å². The van der Waals surface area contributed by atoms with Crippen molar-refractivity contribution in [3.8, 4) is 0 Å². The molecule has 0 bridgehead atoms. The van der Waals surface area contributed by atoms with E-state index in [9.17, 15) is 4.79 Å². The van der Waals surface area contributed by atoms with Gasteiger partial charge in [0.05, 0.1) is 0 Å². The molecule has 1 rings (SSSR count). The summed E-state index contributed by atoms with van der Waals surface area (Å²) in [5, 5.41) is 8.73. The molecule has 0 unspecified atom stereocenters. The number of hydrogen-bond donors (Lipinski definition) is 1. The standard InChI is InChI=1S/C16H25NO2/c1-12-10-13(2)15(14(3)11-12)7-8-17(4)16(19)6-5-9-18/h10-11,18H,5-9H2,1-4H3. The molecule has 0 heterocycles. The van der Waals surface area contributed by atoms with Crippen LogP contribution in [0.5, 0.6) is 0 Å². The van der Waals surface area contributed by atoms with Crippen molar-refractivity contribution in [2.24, 2.45) is 0 Å². The summed E-state index contributed by atoms with van der Waals surface area (Å²) >= 11 is 0. The molecule has 1 amide bonds. The first-order valence-corrected chi connectivity index (χ1v) is 6.87. The van der Waals surface area contributed by atoms with Crippen LogP contribution < -0.4 is 0 Å². The summed E-state index contributed by atoms with van der Waals surface area (Å²) in [5.74, 6) is 0.108. The first kappa shape index (κ1) is 15.7. The number of aliphatic hydroxyl groups is 1. The zero-order chi connectivity index (χ0) is 14.4. The topological polar surface area (TPSA) is 40.5 Å². The minimum Gasteiger partial charge on any atom is -0.396 e. The van der Waals surface area contributed by atoms with E-state index in [0.717, 1.165) is 13.0 Å². The number of amides is 1. The fourth-order valence-corrected chi connectivity index (χ4v) is 2.43. The van der Waals surface area contributed by atoms with E-state index in [4.69, 9.17) is 5.11 Å². The molecule has 0 aliphatic rings. The van der Waals surface area contributed by atoms with Crippen molar-refractivity contribution in [1.82, 2.24) is 4.90 Å². The maximum Gasteiger partial charge on any atom is 0.222 e. The average Bonchev–Trinajstić information content (AvgIpc) is 2.34. The highest BCUT2D eigenvalue weighted by Gasteiger charge is 2.10. The Hall–Kier alpha value is -1.35. The number of aryl methyl sites for hydroxylation is 3. The molecule has 1 N–H and O–H groups in total. The number of likely N-dealkylation sites (N-methyl/N-ethyl adjacent to an activating group) is 1. The van der Waals surface area contributed by atoms with E-state index in [-0.39, 0.29) is 12.5 Å². The van der Waals surface area contributed by atoms with E-state index >= 15 is 0 Å². The van der Waals surface area contributed by atoms with E-state index in [2.05, 4.69) is 32.9 Å². The molecular weight excluding hydrogens is 238 g/mol. The third-order valence-corrected chi connectivity index (χ3v) is 3.51. The molecule has 106 valence electrons. The molecule has 19 heavy (non-hydrogen) atoms. The molecule has 0 fully saturated rings. The minimum atomic E-state index is 0.0791. The molecule has 1 aromatic rings. The van der Waals surface area contributed by atoms with Crippen molar-refractivity contribution in [3.05, 3.63) is 34.4 Å². The molecule has 0 atom stereocenters. The van der Waals surface area contributed by atoms with Crippen molar-refractivity contribution >= 4 is 5.91 Å². The largest absolute Gasteiger partial charge is 0.396 e. The second-order valence-electron chi connectivity index (χ2n) is 5.27. The SMILES string of the molecule is Cc1cc(C)c(CCN(C)C(=O)CCCO)c(C)c1. The summed E-state index contributed by atoms with van der Waals surface area (Å²) in [5.41, 5.74) is 5.22. The van der Waals surface area contributed by atoms with Gasteiger partial charge in [-0.05, 0) is 50.3 Å². The van der Waals surface area contributed by atoms with Crippen LogP contribution in [0.4, 0.5) is 0 Å². The van der Waals surface area contributed by atoms with Crippen molar-refractivity contribution in [2.45, 2.75) is 40.0 Å². The van der Waals surface area contributed by atoms with Gasteiger partial charge in [0.25, 0.3) is 0 Å². The number of rotatable bonds is 6. The average molecular weight is 263 g/mol. The molecule has 0 aliphatic carbocycles. The van der Waals surface area contributed by atoms with Gasteiger partial charge >= 0.3 is 0 Å². The predicted octanol–water partition coefficient (Wildman–Crippen LogP) is 2.39. The van der Waals surface area contributed by atoms with E-state index in [0.29, 0.717) is 12.8 Å². The van der Waals surface area contributed by atoms with Crippen LogP contribution in [-0.4, -0.2) is 36.1 Å². The lowest BCUT2D eigenvalue weighted by atomic mass is 9.97.